The molecule has 2 rings (SSSR count). The lowest BCUT2D eigenvalue weighted by Gasteiger charge is -2.17. The van der Waals surface area contributed by atoms with E-state index in [2.05, 4.69) is 5.32 Å². The van der Waals surface area contributed by atoms with Crippen LogP contribution >= 0.6 is 0 Å². The Balaban J connectivity index is 2.17. The Morgan fingerprint density at radius 3 is 2.36 bits per heavy atom. The van der Waals surface area contributed by atoms with E-state index in [0.29, 0.717) is 17.1 Å². The lowest BCUT2D eigenvalue weighted by Crippen LogP contribution is -2.27. The average Bonchev–Trinajstić information content (AvgIpc) is 2.54. The molecular weight excluding hydrogens is 328 g/mol. The van der Waals surface area contributed by atoms with Crippen LogP contribution < -0.4 is 14.8 Å². The number of hydrogen-bond donors (Lipinski definition) is 1. The number of halogens is 2. The highest BCUT2D eigenvalue weighted by Crippen LogP contribution is 2.29. The quantitative estimate of drug-likeness (QED) is 0.848. The molecule has 1 N–H and O–H groups in total. The van der Waals surface area contributed by atoms with Crippen LogP contribution in [-0.4, -0.2) is 19.1 Å². The molecule has 0 bridgehead atoms. The predicted octanol–water partition coefficient (Wildman–Crippen LogP) is 4.25. The fourth-order valence-electron chi connectivity index (χ4n) is 2.37. The fraction of sp³-hybridized carbons (Fsp3) is 0.316. The monoisotopic (exact) mass is 349 g/mol. The summed E-state index contributed by atoms with van der Waals surface area (Å²) in [4.78, 5) is 12.4. The standard InChI is InChI=1S/C19H21F2NO3/c1-11(2)25-17-8-5-13(9-18(17)24-4)19(23)22-12(3)15-7-6-14(20)10-16(15)21/h5-12H,1-4H3,(H,22,23). The van der Waals surface area contributed by atoms with Crippen molar-refractivity contribution in [1.29, 1.82) is 0 Å². The van der Waals surface area contributed by atoms with Crippen molar-refractivity contribution in [2.24, 2.45) is 0 Å². The van der Waals surface area contributed by atoms with E-state index >= 15 is 0 Å². The first-order valence-corrected chi connectivity index (χ1v) is 7.92. The molecule has 0 aliphatic carbocycles. The van der Waals surface area contributed by atoms with E-state index < -0.39 is 23.6 Å². The van der Waals surface area contributed by atoms with Gasteiger partial charge >= 0.3 is 0 Å². The van der Waals surface area contributed by atoms with Gasteiger partial charge in [-0.2, -0.15) is 0 Å². The average molecular weight is 349 g/mol. The van der Waals surface area contributed by atoms with Crippen molar-refractivity contribution in [2.45, 2.75) is 32.9 Å². The molecule has 2 aromatic rings. The summed E-state index contributed by atoms with van der Waals surface area (Å²) in [5, 5.41) is 2.69. The molecule has 0 radical (unpaired) electrons. The molecular formula is C19H21F2NO3. The van der Waals surface area contributed by atoms with Crippen molar-refractivity contribution in [2.75, 3.05) is 7.11 Å². The zero-order valence-electron chi connectivity index (χ0n) is 14.6. The van der Waals surface area contributed by atoms with Gasteiger partial charge in [0.15, 0.2) is 11.5 Å². The molecule has 0 aromatic heterocycles. The van der Waals surface area contributed by atoms with Crippen LogP contribution in [0.4, 0.5) is 8.78 Å². The molecule has 1 amide bonds. The second-order valence-electron chi connectivity index (χ2n) is 5.89. The third kappa shape index (κ3) is 4.68. The lowest BCUT2D eigenvalue weighted by molar-refractivity contribution is 0.0939. The van der Waals surface area contributed by atoms with Crippen molar-refractivity contribution in [3.05, 3.63) is 59.2 Å². The lowest BCUT2D eigenvalue weighted by atomic mass is 10.1. The van der Waals surface area contributed by atoms with Gasteiger partial charge in [0.25, 0.3) is 5.91 Å². The van der Waals surface area contributed by atoms with E-state index in [1.165, 1.54) is 13.2 Å². The van der Waals surface area contributed by atoms with Gasteiger partial charge in [-0.25, -0.2) is 8.78 Å². The molecule has 0 spiro atoms. The molecule has 6 heteroatoms. The fourth-order valence-corrected chi connectivity index (χ4v) is 2.37. The zero-order chi connectivity index (χ0) is 18.6. The molecule has 0 aliphatic heterocycles. The SMILES string of the molecule is COc1cc(C(=O)NC(C)c2ccc(F)cc2F)ccc1OC(C)C. The maximum Gasteiger partial charge on any atom is 0.251 e. The molecule has 1 atom stereocenters. The molecule has 0 fully saturated rings. The Kier molecular flexibility index (Phi) is 5.96. The van der Waals surface area contributed by atoms with Crippen LogP contribution in [0.5, 0.6) is 11.5 Å². The highest BCUT2D eigenvalue weighted by atomic mass is 19.1. The first-order chi connectivity index (χ1) is 11.8. The minimum absolute atomic E-state index is 0.0324. The number of ether oxygens (including phenoxy) is 2. The number of hydrogen-bond acceptors (Lipinski definition) is 3. The molecule has 2 aromatic carbocycles. The van der Waals surface area contributed by atoms with Gasteiger partial charge in [-0.1, -0.05) is 6.07 Å². The van der Waals surface area contributed by atoms with Gasteiger partial charge < -0.3 is 14.8 Å². The Morgan fingerprint density at radius 1 is 1.04 bits per heavy atom. The minimum Gasteiger partial charge on any atom is -0.493 e. The van der Waals surface area contributed by atoms with Crippen LogP contribution in [0.3, 0.4) is 0 Å². The van der Waals surface area contributed by atoms with Crippen LogP contribution in [0.1, 0.15) is 42.7 Å². The van der Waals surface area contributed by atoms with E-state index in [9.17, 15) is 13.6 Å². The molecule has 0 saturated heterocycles. The number of carbonyl (C=O) groups excluding carboxylic acids is 1. The van der Waals surface area contributed by atoms with Crippen molar-refractivity contribution in [1.82, 2.24) is 5.32 Å². The summed E-state index contributed by atoms with van der Waals surface area (Å²) in [6, 6.07) is 7.45. The van der Waals surface area contributed by atoms with Gasteiger partial charge in [0.05, 0.1) is 19.3 Å². The van der Waals surface area contributed by atoms with Gasteiger partial charge in [0, 0.05) is 17.2 Å². The minimum atomic E-state index is -0.703. The third-order valence-corrected chi connectivity index (χ3v) is 3.57. The van der Waals surface area contributed by atoms with Crippen molar-refractivity contribution < 1.29 is 23.0 Å². The van der Waals surface area contributed by atoms with Crippen LogP contribution in [0.25, 0.3) is 0 Å². The van der Waals surface area contributed by atoms with E-state index in [1.54, 1.807) is 25.1 Å². The summed E-state index contributed by atoms with van der Waals surface area (Å²) >= 11 is 0. The first-order valence-electron chi connectivity index (χ1n) is 7.92. The van der Waals surface area contributed by atoms with Gasteiger partial charge in [-0.05, 0) is 45.0 Å². The first kappa shape index (κ1) is 18.7. The normalized spacial score (nSPS) is 12.0. The van der Waals surface area contributed by atoms with Gasteiger partial charge in [0.2, 0.25) is 0 Å². The number of rotatable bonds is 6. The van der Waals surface area contributed by atoms with Crippen LogP contribution in [0, 0.1) is 11.6 Å². The van der Waals surface area contributed by atoms with Crippen LogP contribution in [0.2, 0.25) is 0 Å². The zero-order valence-corrected chi connectivity index (χ0v) is 14.6. The smallest absolute Gasteiger partial charge is 0.251 e. The van der Waals surface area contributed by atoms with E-state index in [0.717, 1.165) is 12.1 Å². The van der Waals surface area contributed by atoms with Crippen LogP contribution in [-0.2, 0) is 0 Å². The number of nitrogens with one attached hydrogen (secondary N) is 1. The second kappa shape index (κ2) is 7.96. The number of benzene rings is 2. The number of amides is 1. The Morgan fingerprint density at radius 2 is 1.76 bits per heavy atom. The largest absolute Gasteiger partial charge is 0.493 e. The summed E-state index contributed by atoms with van der Waals surface area (Å²) in [6.07, 6.45) is -0.0324. The molecule has 0 heterocycles. The summed E-state index contributed by atoms with van der Waals surface area (Å²) in [7, 11) is 1.49. The topological polar surface area (TPSA) is 47.6 Å². The second-order valence-corrected chi connectivity index (χ2v) is 5.89. The number of carbonyl (C=O) groups is 1. The Hall–Kier alpha value is -2.63. The molecule has 134 valence electrons. The highest BCUT2D eigenvalue weighted by Gasteiger charge is 2.17. The van der Waals surface area contributed by atoms with E-state index in [4.69, 9.17) is 9.47 Å². The van der Waals surface area contributed by atoms with Crippen LogP contribution in [0.15, 0.2) is 36.4 Å². The third-order valence-electron chi connectivity index (χ3n) is 3.57. The molecule has 4 nitrogen and oxygen atoms in total. The maximum atomic E-state index is 13.8. The molecule has 0 aliphatic rings. The molecule has 1 unspecified atom stereocenters. The van der Waals surface area contributed by atoms with Gasteiger partial charge in [-0.3, -0.25) is 4.79 Å². The van der Waals surface area contributed by atoms with Crippen molar-refractivity contribution >= 4 is 5.91 Å². The summed E-state index contributed by atoms with van der Waals surface area (Å²) in [6.45, 7) is 5.40. The Bertz CT molecular complexity index is 762. The van der Waals surface area contributed by atoms with Gasteiger partial charge in [-0.15, -0.1) is 0 Å². The molecule has 25 heavy (non-hydrogen) atoms. The Labute approximate surface area is 145 Å². The summed E-state index contributed by atoms with van der Waals surface area (Å²) < 4.78 is 37.7. The van der Waals surface area contributed by atoms with E-state index in [1.807, 2.05) is 13.8 Å². The van der Waals surface area contributed by atoms with Gasteiger partial charge in [0.1, 0.15) is 11.6 Å². The number of methoxy groups -OCH3 is 1. The van der Waals surface area contributed by atoms with E-state index in [-0.39, 0.29) is 11.7 Å². The highest BCUT2D eigenvalue weighted by molar-refractivity contribution is 5.95. The van der Waals surface area contributed by atoms with Crippen molar-refractivity contribution in [3.8, 4) is 11.5 Å². The predicted molar refractivity (Wildman–Crippen MR) is 91.0 cm³/mol. The summed E-state index contributed by atoms with van der Waals surface area (Å²) in [5.74, 6) is -0.796. The van der Waals surface area contributed by atoms with Crippen molar-refractivity contribution in [3.63, 3.8) is 0 Å². The summed E-state index contributed by atoms with van der Waals surface area (Å²) in [5.41, 5.74) is 0.559. The maximum absolute atomic E-state index is 13.8. The molecule has 0 saturated carbocycles.